The number of benzene rings is 2. The molecule has 0 spiro atoms. The van der Waals surface area contributed by atoms with Gasteiger partial charge in [0, 0.05) is 24.1 Å². The van der Waals surface area contributed by atoms with Crippen LogP contribution in [0.25, 0.3) is 6.08 Å². The molecular weight excluding hydrogens is 348 g/mol. The van der Waals surface area contributed by atoms with E-state index in [-0.39, 0.29) is 18.9 Å². The van der Waals surface area contributed by atoms with Gasteiger partial charge in [-0.2, -0.15) is 0 Å². The van der Waals surface area contributed by atoms with E-state index in [0.29, 0.717) is 11.6 Å². The highest BCUT2D eigenvalue weighted by Crippen LogP contribution is 2.18. The summed E-state index contributed by atoms with van der Waals surface area (Å²) in [5.74, 6) is 0.135. The Morgan fingerprint density at radius 2 is 1.81 bits per heavy atom. The molecule has 0 aliphatic rings. The number of hydrogen-bond acceptors (Lipinski definition) is 3. The van der Waals surface area contributed by atoms with E-state index >= 15 is 0 Å². The van der Waals surface area contributed by atoms with Crippen molar-refractivity contribution in [2.75, 3.05) is 11.9 Å². The van der Waals surface area contributed by atoms with E-state index in [4.69, 9.17) is 0 Å². The number of rotatable bonds is 8. The number of carbonyl (C=O) groups excluding carboxylic acids is 1. The van der Waals surface area contributed by atoms with Crippen molar-refractivity contribution in [1.29, 1.82) is 0 Å². The highest BCUT2D eigenvalue weighted by atomic mass is 32.2. The highest BCUT2D eigenvalue weighted by Gasteiger charge is 2.08. The van der Waals surface area contributed by atoms with Crippen molar-refractivity contribution < 1.29 is 13.2 Å². The van der Waals surface area contributed by atoms with Crippen LogP contribution < -0.4 is 10.0 Å². The highest BCUT2D eigenvalue weighted by molar-refractivity contribution is 7.92. The topological polar surface area (TPSA) is 75.3 Å². The van der Waals surface area contributed by atoms with Crippen LogP contribution >= 0.6 is 0 Å². The summed E-state index contributed by atoms with van der Waals surface area (Å²) in [5, 5.41) is 3.89. The molecule has 0 atom stereocenters. The molecule has 0 unspecified atom stereocenters. The molecule has 0 aliphatic carbocycles. The third kappa shape index (κ3) is 6.82. The van der Waals surface area contributed by atoms with Crippen LogP contribution in [0.4, 0.5) is 5.69 Å². The lowest BCUT2D eigenvalue weighted by atomic mass is 10.0. The summed E-state index contributed by atoms with van der Waals surface area (Å²) >= 11 is 0. The van der Waals surface area contributed by atoms with Crippen LogP contribution in [0.5, 0.6) is 0 Å². The van der Waals surface area contributed by atoms with Gasteiger partial charge in [0.15, 0.2) is 0 Å². The first-order valence-electron chi connectivity index (χ1n) is 8.48. The Kier molecular flexibility index (Phi) is 7.12. The lowest BCUT2D eigenvalue weighted by Gasteiger charge is -2.09. The van der Waals surface area contributed by atoms with E-state index in [1.807, 2.05) is 54.6 Å². The van der Waals surface area contributed by atoms with Gasteiger partial charge in [-0.25, -0.2) is 13.1 Å². The van der Waals surface area contributed by atoms with Crippen LogP contribution in [0.15, 0.2) is 60.0 Å². The molecule has 1 amide bonds. The zero-order chi connectivity index (χ0) is 19.0. The van der Waals surface area contributed by atoms with Crippen LogP contribution in [0.1, 0.15) is 37.3 Å². The fourth-order valence-corrected chi connectivity index (χ4v) is 3.11. The Hall–Kier alpha value is -2.44. The molecule has 6 heteroatoms. The molecule has 26 heavy (non-hydrogen) atoms. The summed E-state index contributed by atoms with van der Waals surface area (Å²) in [6.45, 7) is 4.20. The third-order valence-electron chi connectivity index (χ3n) is 3.73. The molecule has 0 aromatic heterocycles. The first kappa shape index (κ1) is 19.9. The maximum atomic E-state index is 12.0. The predicted octanol–water partition coefficient (Wildman–Crippen LogP) is 3.73. The number of hydrogen-bond donors (Lipinski definition) is 2. The van der Waals surface area contributed by atoms with Crippen molar-refractivity contribution in [3.8, 4) is 0 Å². The first-order valence-corrected chi connectivity index (χ1v) is 10.0. The molecule has 2 N–H and O–H groups in total. The molecule has 0 aliphatic heterocycles. The van der Waals surface area contributed by atoms with Crippen molar-refractivity contribution in [2.24, 2.45) is 0 Å². The van der Waals surface area contributed by atoms with Gasteiger partial charge in [-0.1, -0.05) is 56.3 Å². The van der Waals surface area contributed by atoms with Gasteiger partial charge in [0.1, 0.15) is 0 Å². The summed E-state index contributed by atoms with van der Waals surface area (Å²) in [4.78, 5) is 12.0. The summed E-state index contributed by atoms with van der Waals surface area (Å²) in [6, 6.07) is 16.8. The van der Waals surface area contributed by atoms with Gasteiger partial charge in [-0.15, -0.1) is 0 Å². The SMILES string of the molecule is CC(C)c1cccc(NC(=O)CCNS(=O)(=O)/C=C/c2ccccc2)c1. The maximum Gasteiger partial charge on any atom is 0.233 e. The molecular formula is C20H24N2O3S. The standard InChI is InChI=1S/C20H24N2O3S/c1-16(2)18-9-6-10-19(15-18)22-20(23)11-13-21-26(24,25)14-12-17-7-4-3-5-8-17/h3-10,12,14-16,21H,11,13H2,1-2H3,(H,22,23)/b14-12+. The fourth-order valence-electron chi connectivity index (χ4n) is 2.29. The van der Waals surface area contributed by atoms with Gasteiger partial charge < -0.3 is 5.32 Å². The van der Waals surface area contributed by atoms with Crippen molar-refractivity contribution >= 4 is 27.7 Å². The summed E-state index contributed by atoms with van der Waals surface area (Å²) in [5.41, 5.74) is 2.64. The Morgan fingerprint density at radius 3 is 2.50 bits per heavy atom. The summed E-state index contributed by atoms with van der Waals surface area (Å²) in [7, 11) is -3.58. The van der Waals surface area contributed by atoms with Crippen molar-refractivity contribution in [2.45, 2.75) is 26.2 Å². The van der Waals surface area contributed by atoms with Crippen LogP contribution in [0, 0.1) is 0 Å². The Bertz CT molecular complexity index is 860. The van der Waals surface area contributed by atoms with E-state index < -0.39 is 10.0 Å². The second-order valence-corrected chi connectivity index (χ2v) is 7.88. The summed E-state index contributed by atoms with van der Waals surface area (Å²) in [6.07, 6.45) is 1.57. The molecule has 0 radical (unpaired) electrons. The molecule has 138 valence electrons. The molecule has 2 rings (SSSR count). The largest absolute Gasteiger partial charge is 0.326 e. The zero-order valence-electron chi connectivity index (χ0n) is 15.0. The molecule has 0 saturated carbocycles. The van der Waals surface area contributed by atoms with Crippen molar-refractivity contribution in [3.63, 3.8) is 0 Å². The molecule has 0 heterocycles. The van der Waals surface area contributed by atoms with Gasteiger partial charge in [-0.3, -0.25) is 4.79 Å². The maximum absolute atomic E-state index is 12.0. The Morgan fingerprint density at radius 1 is 1.08 bits per heavy atom. The molecule has 2 aromatic rings. The minimum absolute atomic E-state index is 0.0389. The smallest absolute Gasteiger partial charge is 0.233 e. The number of amides is 1. The fraction of sp³-hybridized carbons (Fsp3) is 0.250. The van der Waals surface area contributed by atoms with E-state index in [1.165, 1.54) is 6.08 Å². The molecule has 5 nitrogen and oxygen atoms in total. The van der Waals surface area contributed by atoms with Crippen LogP contribution in [0.2, 0.25) is 0 Å². The lowest BCUT2D eigenvalue weighted by Crippen LogP contribution is -2.26. The predicted molar refractivity (Wildman–Crippen MR) is 106 cm³/mol. The molecule has 0 saturated heterocycles. The summed E-state index contributed by atoms with van der Waals surface area (Å²) < 4.78 is 26.3. The van der Waals surface area contributed by atoms with E-state index in [9.17, 15) is 13.2 Å². The van der Waals surface area contributed by atoms with E-state index in [0.717, 1.165) is 16.5 Å². The van der Waals surface area contributed by atoms with Gasteiger partial charge in [0.25, 0.3) is 0 Å². The number of anilines is 1. The van der Waals surface area contributed by atoms with E-state index in [2.05, 4.69) is 23.9 Å². The van der Waals surface area contributed by atoms with Gasteiger partial charge >= 0.3 is 0 Å². The number of nitrogens with one attached hydrogen (secondary N) is 2. The van der Waals surface area contributed by atoms with Gasteiger partial charge in [0.2, 0.25) is 15.9 Å². The quantitative estimate of drug-likeness (QED) is 0.741. The third-order valence-corrected chi connectivity index (χ3v) is 4.83. The zero-order valence-corrected chi connectivity index (χ0v) is 15.8. The van der Waals surface area contributed by atoms with Gasteiger partial charge in [-0.05, 0) is 35.3 Å². The molecule has 0 fully saturated rings. The minimum Gasteiger partial charge on any atom is -0.326 e. The monoisotopic (exact) mass is 372 g/mol. The van der Waals surface area contributed by atoms with Crippen LogP contribution in [-0.4, -0.2) is 20.9 Å². The second kappa shape index (κ2) is 9.31. The Labute approximate surface area is 155 Å². The second-order valence-electron chi connectivity index (χ2n) is 6.23. The van der Waals surface area contributed by atoms with E-state index in [1.54, 1.807) is 0 Å². The Balaban J connectivity index is 1.82. The van der Waals surface area contributed by atoms with Crippen LogP contribution in [0.3, 0.4) is 0 Å². The lowest BCUT2D eigenvalue weighted by molar-refractivity contribution is -0.116. The number of carbonyl (C=O) groups is 1. The average Bonchev–Trinajstić information content (AvgIpc) is 2.61. The van der Waals surface area contributed by atoms with Crippen molar-refractivity contribution in [1.82, 2.24) is 4.72 Å². The van der Waals surface area contributed by atoms with Gasteiger partial charge in [0.05, 0.1) is 0 Å². The normalized spacial score (nSPS) is 11.8. The minimum atomic E-state index is -3.58. The number of sulfonamides is 1. The molecule has 0 bridgehead atoms. The van der Waals surface area contributed by atoms with Crippen molar-refractivity contribution in [3.05, 3.63) is 71.1 Å². The molecule has 2 aromatic carbocycles. The van der Waals surface area contributed by atoms with Crippen LogP contribution in [-0.2, 0) is 14.8 Å². The average molecular weight is 372 g/mol. The first-order chi connectivity index (χ1) is 12.4.